The van der Waals surface area contributed by atoms with Crippen molar-refractivity contribution in [2.24, 2.45) is 17.8 Å². The Morgan fingerprint density at radius 1 is 1.41 bits per heavy atom. The number of nitrogens with one attached hydrogen (secondary N) is 1. The van der Waals surface area contributed by atoms with Gasteiger partial charge in [-0.15, -0.1) is 0 Å². The molecule has 1 aromatic rings. The van der Waals surface area contributed by atoms with Crippen LogP contribution in [0.2, 0.25) is 0 Å². The molecule has 17 heavy (non-hydrogen) atoms. The Labute approximate surface area is 101 Å². The summed E-state index contributed by atoms with van der Waals surface area (Å²) >= 11 is 0. The van der Waals surface area contributed by atoms with Gasteiger partial charge in [0.25, 0.3) is 0 Å². The van der Waals surface area contributed by atoms with Crippen LogP contribution in [-0.2, 0) is 6.42 Å². The molecule has 0 aromatic carbocycles. The monoisotopic (exact) mass is 233 g/mol. The summed E-state index contributed by atoms with van der Waals surface area (Å²) in [6.45, 7) is 3.90. The van der Waals surface area contributed by atoms with Gasteiger partial charge in [0.15, 0.2) is 5.82 Å². The average Bonchev–Trinajstić information content (AvgIpc) is 3.00. The molecule has 1 saturated carbocycles. The van der Waals surface area contributed by atoms with E-state index in [1.165, 1.54) is 12.8 Å². The molecule has 4 nitrogen and oxygen atoms in total. The molecule has 1 aromatic heterocycles. The molecule has 0 saturated heterocycles. The Morgan fingerprint density at radius 3 is 3.00 bits per heavy atom. The molecule has 0 aliphatic heterocycles. The lowest BCUT2D eigenvalue weighted by Gasteiger charge is -2.18. The highest BCUT2D eigenvalue weighted by Gasteiger charge is 2.34. The van der Waals surface area contributed by atoms with E-state index in [2.05, 4.69) is 27.6 Å². The van der Waals surface area contributed by atoms with Crippen molar-refractivity contribution in [3.8, 4) is 0 Å². The molecule has 2 aliphatic rings. The van der Waals surface area contributed by atoms with E-state index in [9.17, 15) is 0 Å². The van der Waals surface area contributed by atoms with Gasteiger partial charge in [0, 0.05) is 13.0 Å². The number of hydrogen-bond donors (Lipinski definition) is 1. The number of allylic oxidation sites excluding steroid dienone is 2. The first-order valence-electron chi connectivity index (χ1n) is 6.49. The summed E-state index contributed by atoms with van der Waals surface area (Å²) in [7, 11) is 0. The number of aryl methyl sites for hydroxylation is 1. The molecule has 1 fully saturated rings. The number of fused-ring (bicyclic) bond motifs is 2. The molecule has 1 N–H and O–H groups in total. The summed E-state index contributed by atoms with van der Waals surface area (Å²) in [6.07, 6.45) is 8.38. The molecule has 3 rings (SSSR count). The first kappa shape index (κ1) is 11.0. The normalized spacial score (nSPS) is 30.3. The van der Waals surface area contributed by atoms with Gasteiger partial charge in [-0.05, 0) is 44.1 Å². The Balaban J connectivity index is 1.37. The van der Waals surface area contributed by atoms with Crippen molar-refractivity contribution >= 4 is 0 Å². The van der Waals surface area contributed by atoms with E-state index in [1.807, 2.05) is 6.92 Å². The fourth-order valence-corrected chi connectivity index (χ4v) is 3.05. The zero-order valence-electron chi connectivity index (χ0n) is 10.2. The molecule has 2 aliphatic carbocycles. The Morgan fingerprint density at radius 2 is 2.35 bits per heavy atom. The maximum atomic E-state index is 5.07. The Bertz CT molecular complexity index is 413. The minimum atomic E-state index is 0.721. The van der Waals surface area contributed by atoms with Crippen molar-refractivity contribution in [2.45, 2.75) is 26.2 Å². The highest BCUT2D eigenvalue weighted by Crippen LogP contribution is 2.42. The van der Waals surface area contributed by atoms with Crippen molar-refractivity contribution in [1.82, 2.24) is 15.5 Å². The predicted octanol–water partition coefficient (Wildman–Crippen LogP) is 1.72. The van der Waals surface area contributed by atoms with Gasteiger partial charge < -0.3 is 9.84 Å². The zero-order chi connectivity index (χ0) is 11.7. The van der Waals surface area contributed by atoms with Gasteiger partial charge in [-0.1, -0.05) is 17.3 Å². The van der Waals surface area contributed by atoms with Crippen molar-refractivity contribution in [3.05, 3.63) is 23.9 Å². The summed E-state index contributed by atoms with van der Waals surface area (Å²) in [5.74, 6) is 4.00. The van der Waals surface area contributed by atoms with Crippen LogP contribution in [0.5, 0.6) is 0 Å². The van der Waals surface area contributed by atoms with E-state index in [-0.39, 0.29) is 0 Å². The molecule has 0 radical (unpaired) electrons. The number of nitrogens with zero attached hydrogens (tertiary/aromatic N) is 2. The minimum Gasteiger partial charge on any atom is -0.339 e. The lowest BCUT2D eigenvalue weighted by molar-refractivity contribution is 0.365. The summed E-state index contributed by atoms with van der Waals surface area (Å²) in [5.41, 5.74) is 0. The smallest absolute Gasteiger partial charge is 0.227 e. The lowest BCUT2D eigenvalue weighted by atomic mass is 9.94. The van der Waals surface area contributed by atoms with Crippen LogP contribution in [0.4, 0.5) is 0 Å². The van der Waals surface area contributed by atoms with Crippen LogP contribution in [0, 0.1) is 24.7 Å². The second-order valence-electron chi connectivity index (χ2n) is 5.23. The van der Waals surface area contributed by atoms with Crippen LogP contribution in [0.3, 0.4) is 0 Å². The molecule has 3 atom stereocenters. The third-order valence-corrected chi connectivity index (χ3v) is 3.91. The molecule has 2 bridgehead atoms. The number of hydrogen-bond acceptors (Lipinski definition) is 4. The second kappa shape index (κ2) is 4.61. The second-order valence-corrected chi connectivity index (χ2v) is 5.23. The number of rotatable bonds is 5. The summed E-state index contributed by atoms with van der Waals surface area (Å²) < 4.78 is 5.07. The first-order valence-corrected chi connectivity index (χ1v) is 6.49. The molecule has 0 amide bonds. The zero-order valence-corrected chi connectivity index (χ0v) is 10.2. The first-order chi connectivity index (χ1) is 8.31. The fraction of sp³-hybridized carbons (Fsp3) is 0.692. The van der Waals surface area contributed by atoms with E-state index in [1.54, 1.807) is 0 Å². The van der Waals surface area contributed by atoms with Gasteiger partial charge >= 0.3 is 0 Å². The van der Waals surface area contributed by atoms with Crippen LogP contribution in [0.1, 0.15) is 24.6 Å². The van der Waals surface area contributed by atoms with Crippen LogP contribution >= 0.6 is 0 Å². The van der Waals surface area contributed by atoms with E-state index in [0.717, 1.165) is 49.0 Å². The number of aromatic nitrogens is 2. The van der Waals surface area contributed by atoms with E-state index < -0.39 is 0 Å². The van der Waals surface area contributed by atoms with Gasteiger partial charge in [0.1, 0.15) is 0 Å². The van der Waals surface area contributed by atoms with Gasteiger partial charge in [-0.25, -0.2) is 0 Å². The highest BCUT2D eigenvalue weighted by molar-refractivity contribution is 5.10. The van der Waals surface area contributed by atoms with Gasteiger partial charge in [-0.3, -0.25) is 0 Å². The molecular formula is C13H19N3O. The van der Waals surface area contributed by atoms with Crippen molar-refractivity contribution in [2.75, 3.05) is 13.1 Å². The third kappa shape index (κ3) is 2.41. The Kier molecular flexibility index (Phi) is 2.97. The summed E-state index contributed by atoms with van der Waals surface area (Å²) in [4.78, 5) is 4.19. The van der Waals surface area contributed by atoms with Crippen molar-refractivity contribution < 1.29 is 4.52 Å². The van der Waals surface area contributed by atoms with Gasteiger partial charge in [0.2, 0.25) is 5.89 Å². The molecule has 4 heteroatoms. The predicted molar refractivity (Wildman–Crippen MR) is 64.5 cm³/mol. The summed E-state index contributed by atoms with van der Waals surface area (Å²) in [6, 6.07) is 0. The molecule has 1 heterocycles. The fourth-order valence-electron chi connectivity index (χ4n) is 3.05. The average molecular weight is 233 g/mol. The molecule has 92 valence electrons. The summed E-state index contributed by atoms with van der Waals surface area (Å²) in [5, 5.41) is 7.29. The topological polar surface area (TPSA) is 51.0 Å². The maximum Gasteiger partial charge on any atom is 0.227 e. The minimum absolute atomic E-state index is 0.721. The van der Waals surface area contributed by atoms with E-state index >= 15 is 0 Å². The third-order valence-electron chi connectivity index (χ3n) is 3.91. The SMILES string of the molecule is Cc1noc(CCNCC2CC3C=CC2C3)n1. The van der Waals surface area contributed by atoms with Crippen molar-refractivity contribution in [1.29, 1.82) is 0 Å². The largest absolute Gasteiger partial charge is 0.339 e. The van der Waals surface area contributed by atoms with Crippen LogP contribution in [0.25, 0.3) is 0 Å². The molecule has 3 unspecified atom stereocenters. The van der Waals surface area contributed by atoms with E-state index in [0.29, 0.717) is 0 Å². The highest BCUT2D eigenvalue weighted by atomic mass is 16.5. The van der Waals surface area contributed by atoms with Gasteiger partial charge in [0.05, 0.1) is 0 Å². The standard InChI is InChI=1S/C13H19N3O/c1-9-15-13(17-16-9)4-5-14-8-12-7-10-2-3-11(12)6-10/h2-3,10-12,14H,4-8H2,1H3. The van der Waals surface area contributed by atoms with Gasteiger partial charge in [-0.2, -0.15) is 4.98 Å². The van der Waals surface area contributed by atoms with Crippen LogP contribution in [-0.4, -0.2) is 23.2 Å². The van der Waals surface area contributed by atoms with Crippen LogP contribution in [0.15, 0.2) is 16.7 Å². The Hall–Kier alpha value is -1.16. The lowest BCUT2D eigenvalue weighted by Crippen LogP contribution is -2.27. The molecule has 0 spiro atoms. The molecular weight excluding hydrogens is 214 g/mol. The quantitative estimate of drug-likeness (QED) is 0.621. The van der Waals surface area contributed by atoms with Crippen LogP contribution < -0.4 is 5.32 Å². The maximum absolute atomic E-state index is 5.07. The van der Waals surface area contributed by atoms with E-state index in [4.69, 9.17) is 4.52 Å². The van der Waals surface area contributed by atoms with Crippen molar-refractivity contribution in [3.63, 3.8) is 0 Å².